The number of unbranched alkanes of at least 4 members (excludes halogenated alkanes) is 1. The fourth-order valence-electron chi connectivity index (χ4n) is 4.81. The molecule has 0 heterocycles. The van der Waals surface area contributed by atoms with Crippen LogP contribution in [0.2, 0.25) is 0 Å². The molecule has 0 N–H and O–H groups in total. The van der Waals surface area contributed by atoms with Gasteiger partial charge in [-0.25, -0.2) is 0 Å². The number of hydrogen-bond donors (Lipinski definition) is 0. The SMILES string of the molecule is CC1=C(C/C=C(\C)CCC[C@@H](C)CC[C@@H](C)CCCCC(C)C)C(=O)c2ccccc2C1=O. The molecule has 0 saturated carbocycles. The van der Waals surface area contributed by atoms with Gasteiger partial charge in [-0.1, -0.05) is 109 Å². The van der Waals surface area contributed by atoms with Gasteiger partial charge in [-0.3, -0.25) is 9.59 Å². The highest BCUT2D eigenvalue weighted by Gasteiger charge is 2.28. The van der Waals surface area contributed by atoms with Gasteiger partial charge in [-0.2, -0.15) is 0 Å². The molecule has 0 radical (unpaired) electrons. The standard InChI is InChI=1S/C31H46O2/c1-22(2)12-7-8-13-23(3)18-19-24(4)14-11-15-25(5)20-21-27-26(6)30(32)28-16-9-10-17-29(28)31(27)33/h9-10,16-17,20,22-24H,7-8,11-15,18-19,21H2,1-6H3/b25-20+/t23-,24+/m0/s1. The highest BCUT2D eigenvalue weighted by molar-refractivity contribution is 6.26. The Morgan fingerprint density at radius 2 is 1.33 bits per heavy atom. The molecule has 2 nitrogen and oxygen atoms in total. The van der Waals surface area contributed by atoms with Crippen molar-refractivity contribution in [1.29, 1.82) is 0 Å². The van der Waals surface area contributed by atoms with Crippen molar-refractivity contribution in [3.8, 4) is 0 Å². The van der Waals surface area contributed by atoms with E-state index in [4.69, 9.17) is 0 Å². The predicted molar refractivity (Wildman–Crippen MR) is 141 cm³/mol. The average molecular weight is 451 g/mol. The van der Waals surface area contributed by atoms with Crippen LogP contribution in [0.1, 0.15) is 126 Å². The molecule has 0 saturated heterocycles. The lowest BCUT2D eigenvalue weighted by molar-refractivity contribution is 0.0973. The van der Waals surface area contributed by atoms with Crippen molar-refractivity contribution < 1.29 is 9.59 Å². The third-order valence-electron chi connectivity index (χ3n) is 7.29. The second-order valence-electron chi connectivity index (χ2n) is 10.9. The minimum atomic E-state index is -0.00534. The molecule has 1 aliphatic rings. The number of Topliss-reactive ketones (excluding diaryl/α,β-unsaturated/α-hetero) is 2. The first-order valence-corrected chi connectivity index (χ1v) is 13.2. The first-order valence-electron chi connectivity index (χ1n) is 13.2. The van der Waals surface area contributed by atoms with Crippen molar-refractivity contribution in [3.05, 3.63) is 58.2 Å². The van der Waals surface area contributed by atoms with E-state index in [1.807, 2.05) is 12.1 Å². The molecule has 0 bridgehead atoms. The minimum Gasteiger partial charge on any atom is -0.289 e. The van der Waals surface area contributed by atoms with E-state index >= 15 is 0 Å². The molecule has 0 amide bonds. The summed E-state index contributed by atoms with van der Waals surface area (Å²) in [5, 5.41) is 0. The summed E-state index contributed by atoms with van der Waals surface area (Å²) in [6.07, 6.45) is 14.4. The Balaban J connectivity index is 1.71. The van der Waals surface area contributed by atoms with Gasteiger partial charge < -0.3 is 0 Å². The Morgan fingerprint density at radius 3 is 1.94 bits per heavy atom. The molecule has 1 aromatic carbocycles. The fourth-order valence-corrected chi connectivity index (χ4v) is 4.81. The molecule has 1 aromatic rings. The van der Waals surface area contributed by atoms with Crippen molar-refractivity contribution in [2.24, 2.45) is 17.8 Å². The summed E-state index contributed by atoms with van der Waals surface area (Å²) < 4.78 is 0. The van der Waals surface area contributed by atoms with Crippen LogP contribution in [-0.2, 0) is 0 Å². The van der Waals surface area contributed by atoms with Gasteiger partial charge in [0.2, 0.25) is 0 Å². The number of carbonyl (C=O) groups excluding carboxylic acids is 2. The van der Waals surface area contributed by atoms with E-state index in [2.05, 4.69) is 40.7 Å². The molecule has 0 aliphatic heterocycles. The number of ketones is 2. The van der Waals surface area contributed by atoms with E-state index in [1.54, 1.807) is 19.1 Å². The third-order valence-corrected chi connectivity index (χ3v) is 7.29. The third kappa shape index (κ3) is 8.72. The quantitative estimate of drug-likeness (QED) is 0.209. The Bertz CT molecular complexity index is 855. The van der Waals surface area contributed by atoms with Crippen LogP contribution < -0.4 is 0 Å². The van der Waals surface area contributed by atoms with Gasteiger partial charge in [0.15, 0.2) is 11.6 Å². The summed E-state index contributed by atoms with van der Waals surface area (Å²) in [6, 6.07) is 7.18. The normalized spacial score (nSPS) is 16.4. The van der Waals surface area contributed by atoms with Crippen molar-refractivity contribution in [2.45, 2.75) is 106 Å². The highest BCUT2D eigenvalue weighted by atomic mass is 16.1. The molecule has 0 aromatic heterocycles. The summed E-state index contributed by atoms with van der Waals surface area (Å²) in [4.78, 5) is 25.5. The second kappa shape index (κ2) is 13.7. The van der Waals surface area contributed by atoms with Crippen LogP contribution in [0, 0.1) is 17.8 Å². The monoisotopic (exact) mass is 450 g/mol. The average Bonchev–Trinajstić information content (AvgIpc) is 2.79. The predicted octanol–water partition coefficient (Wildman–Crippen LogP) is 9.16. The molecule has 1 aliphatic carbocycles. The largest absolute Gasteiger partial charge is 0.289 e. The molecule has 0 spiro atoms. The van der Waals surface area contributed by atoms with E-state index in [0.717, 1.165) is 24.2 Å². The summed E-state index contributed by atoms with van der Waals surface area (Å²) >= 11 is 0. The van der Waals surface area contributed by atoms with Gasteiger partial charge in [0, 0.05) is 22.3 Å². The Labute approximate surface area is 202 Å². The molecule has 2 atom stereocenters. The maximum absolute atomic E-state index is 12.9. The van der Waals surface area contributed by atoms with Crippen LogP contribution in [-0.4, -0.2) is 11.6 Å². The Hall–Kier alpha value is -1.96. The number of rotatable bonds is 14. The van der Waals surface area contributed by atoms with Crippen LogP contribution in [0.25, 0.3) is 0 Å². The summed E-state index contributed by atoms with van der Waals surface area (Å²) in [5.41, 5.74) is 3.68. The van der Waals surface area contributed by atoms with Crippen molar-refractivity contribution >= 4 is 11.6 Å². The minimum absolute atomic E-state index is 0.00534. The van der Waals surface area contributed by atoms with Gasteiger partial charge >= 0.3 is 0 Å². The van der Waals surface area contributed by atoms with Gasteiger partial charge in [0.25, 0.3) is 0 Å². The van der Waals surface area contributed by atoms with Crippen molar-refractivity contribution in [2.75, 3.05) is 0 Å². The lowest BCUT2D eigenvalue weighted by Crippen LogP contribution is -2.20. The summed E-state index contributed by atoms with van der Waals surface area (Å²) in [6.45, 7) is 13.4. The van der Waals surface area contributed by atoms with Crippen LogP contribution in [0.4, 0.5) is 0 Å². The Kier molecular flexibility index (Phi) is 11.3. The maximum Gasteiger partial charge on any atom is 0.190 e. The summed E-state index contributed by atoms with van der Waals surface area (Å²) in [5.74, 6) is 2.46. The molecule has 33 heavy (non-hydrogen) atoms. The molecule has 0 fully saturated rings. The summed E-state index contributed by atoms with van der Waals surface area (Å²) in [7, 11) is 0. The van der Waals surface area contributed by atoms with E-state index in [9.17, 15) is 9.59 Å². The molecule has 2 rings (SSSR count). The molecule has 2 heteroatoms. The van der Waals surface area contributed by atoms with Crippen molar-refractivity contribution in [3.63, 3.8) is 0 Å². The van der Waals surface area contributed by atoms with E-state index in [0.29, 0.717) is 28.7 Å². The zero-order chi connectivity index (χ0) is 24.4. The van der Waals surface area contributed by atoms with E-state index in [-0.39, 0.29) is 11.6 Å². The van der Waals surface area contributed by atoms with Crippen LogP contribution in [0.5, 0.6) is 0 Å². The molecular weight excluding hydrogens is 404 g/mol. The number of carbonyl (C=O) groups is 2. The lowest BCUT2D eigenvalue weighted by Gasteiger charge is -2.18. The first-order chi connectivity index (χ1) is 15.7. The second-order valence-corrected chi connectivity index (χ2v) is 10.9. The number of hydrogen-bond acceptors (Lipinski definition) is 2. The van der Waals surface area contributed by atoms with E-state index < -0.39 is 0 Å². The van der Waals surface area contributed by atoms with Crippen molar-refractivity contribution in [1.82, 2.24) is 0 Å². The zero-order valence-corrected chi connectivity index (χ0v) is 22.0. The maximum atomic E-state index is 12.9. The van der Waals surface area contributed by atoms with Gasteiger partial charge in [-0.05, 0) is 50.9 Å². The zero-order valence-electron chi connectivity index (χ0n) is 22.0. The van der Waals surface area contributed by atoms with E-state index in [1.165, 1.54) is 56.9 Å². The number of fused-ring (bicyclic) bond motifs is 1. The van der Waals surface area contributed by atoms with Crippen LogP contribution >= 0.6 is 0 Å². The highest BCUT2D eigenvalue weighted by Crippen LogP contribution is 2.29. The molecule has 182 valence electrons. The topological polar surface area (TPSA) is 34.1 Å². The van der Waals surface area contributed by atoms with Gasteiger partial charge in [-0.15, -0.1) is 0 Å². The first kappa shape index (κ1) is 27.3. The fraction of sp³-hybridized carbons (Fsp3) is 0.613. The van der Waals surface area contributed by atoms with Crippen LogP contribution in [0.15, 0.2) is 47.1 Å². The molecular formula is C31H46O2. The number of allylic oxidation sites excluding steroid dienone is 4. The number of benzene rings is 1. The van der Waals surface area contributed by atoms with Gasteiger partial charge in [0.05, 0.1) is 0 Å². The van der Waals surface area contributed by atoms with Gasteiger partial charge in [0.1, 0.15) is 0 Å². The molecule has 0 unspecified atom stereocenters. The smallest absolute Gasteiger partial charge is 0.190 e. The lowest BCUT2D eigenvalue weighted by atomic mass is 9.83. The van der Waals surface area contributed by atoms with Crippen LogP contribution in [0.3, 0.4) is 0 Å². The Morgan fingerprint density at radius 1 is 0.788 bits per heavy atom.